The van der Waals surface area contributed by atoms with Crippen molar-refractivity contribution < 1.29 is 4.79 Å². The Balaban J connectivity index is 1.46. The zero-order valence-corrected chi connectivity index (χ0v) is 24.7. The SMILES string of the molecule is C=CCn1c(SCC(=O)Nc2sc3c(c2C#N)CCC(C(C)(C)CC)C3)nnc1-c1csc(C(C)C)c1. The quantitative estimate of drug-likeness (QED) is 0.207. The van der Waals surface area contributed by atoms with Crippen molar-refractivity contribution in [3.05, 3.63) is 45.0 Å². The molecule has 0 fully saturated rings. The summed E-state index contributed by atoms with van der Waals surface area (Å²) in [5, 5.41) is 25.2. The number of thioether (sulfide) groups is 1. The summed E-state index contributed by atoms with van der Waals surface area (Å²) in [5.74, 6) is 1.89. The highest BCUT2D eigenvalue weighted by Gasteiger charge is 2.34. The topological polar surface area (TPSA) is 83.6 Å². The molecule has 3 aromatic rings. The van der Waals surface area contributed by atoms with Gasteiger partial charge in [-0.2, -0.15) is 5.26 Å². The van der Waals surface area contributed by atoms with Crippen LogP contribution in [0.1, 0.15) is 74.3 Å². The van der Waals surface area contributed by atoms with Crippen LogP contribution >= 0.6 is 34.4 Å². The lowest BCUT2D eigenvalue weighted by Gasteiger charge is -2.36. The van der Waals surface area contributed by atoms with Crippen molar-refractivity contribution in [1.82, 2.24) is 14.8 Å². The van der Waals surface area contributed by atoms with Gasteiger partial charge in [0.25, 0.3) is 0 Å². The smallest absolute Gasteiger partial charge is 0.235 e. The minimum Gasteiger partial charge on any atom is -0.316 e. The van der Waals surface area contributed by atoms with Gasteiger partial charge in [-0.25, -0.2) is 0 Å². The highest BCUT2D eigenvalue weighted by molar-refractivity contribution is 7.99. The summed E-state index contributed by atoms with van der Waals surface area (Å²) in [6.45, 7) is 15.7. The van der Waals surface area contributed by atoms with E-state index in [0.717, 1.165) is 42.6 Å². The van der Waals surface area contributed by atoms with E-state index < -0.39 is 0 Å². The molecule has 3 aromatic heterocycles. The van der Waals surface area contributed by atoms with Crippen molar-refractivity contribution in [2.24, 2.45) is 11.3 Å². The lowest BCUT2D eigenvalue weighted by molar-refractivity contribution is -0.113. The molecule has 1 N–H and O–H groups in total. The van der Waals surface area contributed by atoms with Crippen molar-refractivity contribution in [2.45, 2.75) is 77.9 Å². The number of hydrogen-bond donors (Lipinski definition) is 1. The molecule has 3 heterocycles. The minimum atomic E-state index is -0.141. The van der Waals surface area contributed by atoms with E-state index in [9.17, 15) is 10.1 Å². The molecule has 1 aliphatic rings. The second-order valence-corrected chi connectivity index (χ2v) is 13.5. The van der Waals surface area contributed by atoms with Crippen LogP contribution in [0.2, 0.25) is 0 Å². The van der Waals surface area contributed by atoms with Crippen LogP contribution in [0.15, 0.2) is 29.3 Å². The highest BCUT2D eigenvalue weighted by Crippen LogP contribution is 2.45. The van der Waals surface area contributed by atoms with Gasteiger partial charge in [-0.3, -0.25) is 9.36 Å². The van der Waals surface area contributed by atoms with Gasteiger partial charge in [0.05, 0.1) is 11.3 Å². The number of nitrogens with zero attached hydrogens (tertiary/aromatic N) is 4. The van der Waals surface area contributed by atoms with Gasteiger partial charge in [-0.1, -0.05) is 58.9 Å². The number of nitriles is 1. The molecule has 1 atom stereocenters. The predicted molar refractivity (Wildman–Crippen MR) is 156 cm³/mol. The maximum atomic E-state index is 13.0. The van der Waals surface area contributed by atoms with E-state index in [1.54, 1.807) is 22.7 Å². The number of aromatic nitrogens is 3. The fourth-order valence-corrected chi connectivity index (χ4v) is 7.66. The van der Waals surface area contributed by atoms with Gasteiger partial charge in [0, 0.05) is 27.2 Å². The van der Waals surface area contributed by atoms with Gasteiger partial charge >= 0.3 is 0 Å². The molecule has 6 nitrogen and oxygen atoms in total. The number of rotatable bonds is 10. The Bertz CT molecular complexity index is 1320. The van der Waals surface area contributed by atoms with Crippen molar-refractivity contribution in [3.8, 4) is 17.5 Å². The lowest BCUT2D eigenvalue weighted by Crippen LogP contribution is -2.28. The van der Waals surface area contributed by atoms with E-state index in [1.165, 1.54) is 21.5 Å². The number of hydrogen-bond acceptors (Lipinski definition) is 7. The van der Waals surface area contributed by atoms with Crippen LogP contribution in [0.25, 0.3) is 11.4 Å². The first-order valence-corrected chi connectivity index (χ1v) is 15.5. The van der Waals surface area contributed by atoms with Crippen LogP contribution < -0.4 is 5.32 Å². The van der Waals surface area contributed by atoms with Crippen molar-refractivity contribution in [3.63, 3.8) is 0 Å². The van der Waals surface area contributed by atoms with Crippen LogP contribution in [0.4, 0.5) is 5.00 Å². The van der Waals surface area contributed by atoms with Gasteiger partial charge in [0.15, 0.2) is 11.0 Å². The first kappa shape index (κ1) is 27.6. The first-order valence-electron chi connectivity index (χ1n) is 12.8. The molecule has 1 unspecified atom stereocenters. The van der Waals surface area contributed by atoms with Crippen molar-refractivity contribution >= 4 is 45.3 Å². The number of allylic oxidation sites excluding steroid dienone is 1. The van der Waals surface area contributed by atoms with Gasteiger partial charge in [-0.15, -0.1) is 39.4 Å². The van der Waals surface area contributed by atoms with E-state index in [4.69, 9.17) is 0 Å². The normalized spacial score (nSPS) is 15.4. The van der Waals surface area contributed by atoms with Gasteiger partial charge in [-0.05, 0) is 48.1 Å². The van der Waals surface area contributed by atoms with Crippen LogP contribution in [-0.2, 0) is 24.2 Å². The fraction of sp³-hybridized carbons (Fsp3) is 0.500. The van der Waals surface area contributed by atoms with E-state index in [1.807, 2.05) is 10.6 Å². The van der Waals surface area contributed by atoms with Crippen LogP contribution in [0, 0.1) is 22.7 Å². The molecule has 0 aromatic carbocycles. The molecule has 196 valence electrons. The van der Waals surface area contributed by atoms with Gasteiger partial charge in [0.2, 0.25) is 5.91 Å². The number of nitrogens with one attached hydrogen (secondary N) is 1. The Labute approximate surface area is 232 Å². The van der Waals surface area contributed by atoms with Crippen molar-refractivity contribution in [1.29, 1.82) is 5.26 Å². The zero-order chi connectivity index (χ0) is 26.7. The number of carbonyl (C=O) groups is 1. The summed E-state index contributed by atoms with van der Waals surface area (Å²) >= 11 is 4.65. The van der Waals surface area contributed by atoms with Gasteiger partial charge in [0.1, 0.15) is 11.1 Å². The van der Waals surface area contributed by atoms with Crippen LogP contribution in [0.5, 0.6) is 0 Å². The minimum absolute atomic E-state index is 0.141. The molecule has 0 saturated carbocycles. The Morgan fingerprint density at radius 2 is 2.22 bits per heavy atom. The molecule has 4 rings (SSSR count). The van der Waals surface area contributed by atoms with E-state index >= 15 is 0 Å². The zero-order valence-electron chi connectivity index (χ0n) is 22.3. The summed E-state index contributed by atoms with van der Waals surface area (Å²) < 4.78 is 2.00. The average molecular weight is 554 g/mol. The Morgan fingerprint density at radius 3 is 2.86 bits per heavy atom. The second-order valence-electron chi connectivity index (χ2n) is 10.5. The largest absolute Gasteiger partial charge is 0.316 e. The number of carbonyl (C=O) groups excluding carboxylic acids is 1. The van der Waals surface area contributed by atoms with E-state index in [0.29, 0.717) is 34.1 Å². The fourth-order valence-electron chi connectivity index (χ4n) is 4.72. The summed E-state index contributed by atoms with van der Waals surface area (Å²) in [5.41, 5.74) is 3.08. The molecule has 0 bridgehead atoms. The molecular weight excluding hydrogens is 519 g/mol. The van der Waals surface area contributed by atoms with E-state index in [2.05, 4.69) is 74.2 Å². The lowest BCUT2D eigenvalue weighted by atomic mass is 9.69. The molecule has 9 heteroatoms. The average Bonchev–Trinajstić information content (AvgIpc) is 3.59. The maximum Gasteiger partial charge on any atom is 0.235 e. The molecule has 37 heavy (non-hydrogen) atoms. The predicted octanol–water partition coefficient (Wildman–Crippen LogP) is 7.52. The highest BCUT2D eigenvalue weighted by atomic mass is 32.2. The molecule has 0 radical (unpaired) electrons. The number of anilines is 1. The maximum absolute atomic E-state index is 13.0. The third-order valence-corrected chi connectivity index (χ3v) is 10.8. The molecular formula is C28H35N5OS3. The monoisotopic (exact) mass is 553 g/mol. The van der Waals surface area contributed by atoms with Gasteiger partial charge < -0.3 is 5.32 Å². The molecule has 0 saturated heterocycles. The Hall–Kier alpha value is -2.41. The molecule has 0 aliphatic heterocycles. The summed E-state index contributed by atoms with van der Waals surface area (Å²) in [7, 11) is 0. The molecule has 1 amide bonds. The summed E-state index contributed by atoms with van der Waals surface area (Å²) in [6, 6.07) is 4.52. The Kier molecular flexibility index (Phi) is 8.62. The molecule has 1 aliphatic carbocycles. The second kappa shape index (κ2) is 11.5. The Morgan fingerprint density at radius 1 is 1.43 bits per heavy atom. The number of thiophene rings is 2. The number of amides is 1. The third-order valence-electron chi connectivity index (χ3n) is 7.45. The number of fused-ring (bicyclic) bond motifs is 1. The summed E-state index contributed by atoms with van der Waals surface area (Å²) in [4.78, 5) is 15.5. The third kappa shape index (κ3) is 5.87. The van der Waals surface area contributed by atoms with Crippen LogP contribution in [-0.4, -0.2) is 26.4 Å². The van der Waals surface area contributed by atoms with E-state index in [-0.39, 0.29) is 17.1 Å². The molecule has 0 spiro atoms. The van der Waals surface area contributed by atoms with Crippen LogP contribution in [0.3, 0.4) is 0 Å². The van der Waals surface area contributed by atoms with Crippen molar-refractivity contribution in [2.75, 3.05) is 11.1 Å². The standard InChI is InChI=1S/C28H35N5OS3/c1-7-11-33-25(18-12-22(17(3)4)35-15-18)31-32-27(33)36-16-24(34)30-26-21(14-29)20-10-9-19(13-23(20)37-26)28(5,6)8-2/h7,12,15,17,19H,1,8-11,13,16H2,2-6H3,(H,30,34). The first-order chi connectivity index (χ1) is 17.7. The summed E-state index contributed by atoms with van der Waals surface area (Å²) in [6.07, 6.45) is 5.92.